The van der Waals surface area contributed by atoms with Crippen LogP contribution >= 0.6 is 11.3 Å². The minimum absolute atomic E-state index is 0.0491. The number of halogens is 2. The van der Waals surface area contributed by atoms with Gasteiger partial charge in [0.05, 0.1) is 11.0 Å². The lowest BCUT2D eigenvalue weighted by atomic mass is 10.1. The van der Waals surface area contributed by atoms with Crippen LogP contribution in [0.1, 0.15) is 51.0 Å². The number of hydrogen-bond donors (Lipinski definition) is 2. The number of nitrogens with one attached hydrogen (secondary N) is 1. The molecule has 1 aliphatic carbocycles. The zero-order chi connectivity index (χ0) is 17.1. The third-order valence-corrected chi connectivity index (χ3v) is 5.49. The predicted molar refractivity (Wildman–Crippen MR) is 89.2 cm³/mol. The number of benzene rings is 1. The van der Waals surface area contributed by atoms with E-state index in [1.165, 1.54) is 34.3 Å². The summed E-state index contributed by atoms with van der Waals surface area (Å²) in [6.07, 6.45) is 4.48. The van der Waals surface area contributed by atoms with Crippen molar-refractivity contribution in [2.75, 3.05) is 6.54 Å². The third-order valence-electron chi connectivity index (χ3n) is 4.25. The molecule has 2 N–H and O–H groups in total. The molecule has 1 aliphatic rings. The minimum atomic E-state index is -1.08. The summed E-state index contributed by atoms with van der Waals surface area (Å²) in [4.78, 5) is 14.2. The van der Waals surface area contributed by atoms with Crippen LogP contribution in [0.3, 0.4) is 0 Å². The van der Waals surface area contributed by atoms with Crippen LogP contribution in [-0.2, 0) is 12.8 Å². The summed E-state index contributed by atoms with van der Waals surface area (Å²) < 4.78 is 26.1. The van der Waals surface area contributed by atoms with E-state index in [1.807, 2.05) is 6.07 Å². The molecule has 0 saturated heterocycles. The molecule has 1 atom stereocenters. The molecule has 0 radical (unpaired) electrons. The number of carbonyl (C=O) groups is 1. The lowest BCUT2D eigenvalue weighted by Gasteiger charge is -2.12. The Kier molecular flexibility index (Phi) is 5.26. The quantitative estimate of drug-likeness (QED) is 0.824. The van der Waals surface area contributed by atoms with Gasteiger partial charge >= 0.3 is 0 Å². The van der Waals surface area contributed by atoms with Crippen LogP contribution in [0.5, 0.6) is 0 Å². The van der Waals surface area contributed by atoms with E-state index in [-0.39, 0.29) is 18.0 Å². The lowest BCUT2D eigenvalue weighted by Crippen LogP contribution is -2.27. The average molecular weight is 351 g/mol. The summed E-state index contributed by atoms with van der Waals surface area (Å²) in [6.45, 7) is -0.0491. The highest BCUT2D eigenvalue weighted by Crippen LogP contribution is 2.29. The number of aryl methyl sites for hydroxylation is 2. The third kappa shape index (κ3) is 3.82. The molecule has 3 nitrogen and oxygen atoms in total. The number of amides is 1. The van der Waals surface area contributed by atoms with Gasteiger partial charge in [0.2, 0.25) is 0 Å². The highest BCUT2D eigenvalue weighted by Gasteiger charge is 2.18. The highest BCUT2D eigenvalue weighted by molar-refractivity contribution is 7.14. The van der Waals surface area contributed by atoms with E-state index in [9.17, 15) is 18.7 Å². The number of carbonyl (C=O) groups excluding carboxylic acids is 1. The SMILES string of the molecule is O=C(NC[C@H](O)c1ccc(F)c(F)c1)c1cc2c(s1)CCCCC2. The molecule has 1 aromatic heterocycles. The van der Waals surface area contributed by atoms with Gasteiger partial charge in [0.25, 0.3) is 5.91 Å². The van der Waals surface area contributed by atoms with E-state index >= 15 is 0 Å². The lowest BCUT2D eigenvalue weighted by molar-refractivity contribution is 0.0920. The van der Waals surface area contributed by atoms with Crippen LogP contribution in [0.2, 0.25) is 0 Å². The van der Waals surface area contributed by atoms with Crippen molar-refractivity contribution in [1.82, 2.24) is 5.32 Å². The fraction of sp³-hybridized carbons (Fsp3) is 0.389. The van der Waals surface area contributed by atoms with Crippen LogP contribution in [0, 0.1) is 11.6 Å². The summed E-state index contributed by atoms with van der Waals surface area (Å²) in [6, 6.07) is 5.15. The second kappa shape index (κ2) is 7.40. The van der Waals surface area contributed by atoms with Crippen molar-refractivity contribution in [3.05, 3.63) is 56.8 Å². The topological polar surface area (TPSA) is 49.3 Å². The first-order chi connectivity index (χ1) is 11.5. The number of rotatable bonds is 4. The smallest absolute Gasteiger partial charge is 0.261 e. The zero-order valence-electron chi connectivity index (χ0n) is 13.1. The predicted octanol–water partition coefficient (Wildman–Crippen LogP) is 3.76. The van der Waals surface area contributed by atoms with Crippen molar-refractivity contribution >= 4 is 17.2 Å². The van der Waals surface area contributed by atoms with Crippen LogP contribution in [-0.4, -0.2) is 17.6 Å². The monoisotopic (exact) mass is 351 g/mol. The molecule has 0 unspecified atom stereocenters. The van der Waals surface area contributed by atoms with Crippen LogP contribution in [0.4, 0.5) is 8.78 Å². The normalized spacial score (nSPS) is 15.5. The van der Waals surface area contributed by atoms with Crippen LogP contribution < -0.4 is 5.32 Å². The molecule has 0 fully saturated rings. The molecule has 1 heterocycles. The van der Waals surface area contributed by atoms with Crippen LogP contribution in [0.25, 0.3) is 0 Å². The maximum absolute atomic E-state index is 13.2. The number of thiophene rings is 1. The van der Waals surface area contributed by atoms with E-state index < -0.39 is 17.7 Å². The summed E-state index contributed by atoms with van der Waals surface area (Å²) in [5, 5.41) is 12.7. The van der Waals surface area contributed by atoms with Crippen molar-refractivity contribution in [1.29, 1.82) is 0 Å². The first kappa shape index (κ1) is 17.0. The molecular weight excluding hydrogens is 332 g/mol. The zero-order valence-corrected chi connectivity index (χ0v) is 14.0. The molecule has 24 heavy (non-hydrogen) atoms. The van der Waals surface area contributed by atoms with Crippen molar-refractivity contribution in [3.8, 4) is 0 Å². The Hall–Kier alpha value is -1.79. The molecule has 3 rings (SSSR count). The van der Waals surface area contributed by atoms with Gasteiger partial charge in [-0.25, -0.2) is 8.78 Å². The van der Waals surface area contributed by atoms with E-state index in [4.69, 9.17) is 0 Å². The van der Waals surface area contributed by atoms with Gasteiger partial charge in [-0.15, -0.1) is 11.3 Å². The van der Waals surface area contributed by atoms with E-state index in [0.29, 0.717) is 4.88 Å². The number of aliphatic hydroxyl groups is 1. The first-order valence-electron chi connectivity index (χ1n) is 8.07. The first-order valence-corrected chi connectivity index (χ1v) is 8.89. The Morgan fingerprint density at radius 3 is 2.75 bits per heavy atom. The number of hydrogen-bond acceptors (Lipinski definition) is 3. The second-order valence-electron chi connectivity index (χ2n) is 6.02. The van der Waals surface area contributed by atoms with Gasteiger partial charge < -0.3 is 10.4 Å². The molecule has 1 amide bonds. The van der Waals surface area contributed by atoms with Crippen molar-refractivity contribution < 1.29 is 18.7 Å². The molecule has 1 aromatic carbocycles. The number of fused-ring (bicyclic) bond motifs is 1. The van der Waals surface area contributed by atoms with Gasteiger partial charge in [0.1, 0.15) is 0 Å². The van der Waals surface area contributed by atoms with Gasteiger partial charge in [-0.3, -0.25) is 4.79 Å². The Morgan fingerprint density at radius 1 is 1.17 bits per heavy atom. The maximum atomic E-state index is 13.2. The molecule has 0 aliphatic heterocycles. The molecule has 0 bridgehead atoms. The van der Waals surface area contributed by atoms with Crippen molar-refractivity contribution in [2.45, 2.75) is 38.2 Å². The Balaban J connectivity index is 1.61. The summed E-state index contributed by atoms with van der Waals surface area (Å²) in [7, 11) is 0. The molecule has 2 aromatic rings. The van der Waals surface area contributed by atoms with Gasteiger partial charge in [-0.05, 0) is 55.0 Å². The standard InChI is InChI=1S/C18H19F2NO2S/c19-13-7-6-11(8-14(13)20)15(22)10-21-18(23)17-9-12-4-2-1-3-5-16(12)24-17/h6-9,15,22H,1-5,10H2,(H,21,23)/t15-/m0/s1. The van der Waals surface area contributed by atoms with Crippen molar-refractivity contribution in [2.24, 2.45) is 0 Å². The van der Waals surface area contributed by atoms with E-state index in [0.717, 1.165) is 37.8 Å². The fourth-order valence-corrected chi connectivity index (χ4v) is 4.06. The van der Waals surface area contributed by atoms with Gasteiger partial charge in [-0.1, -0.05) is 12.5 Å². The average Bonchev–Trinajstić information content (AvgIpc) is 2.85. The van der Waals surface area contributed by atoms with Crippen molar-refractivity contribution in [3.63, 3.8) is 0 Å². The summed E-state index contributed by atoms with van der Waals surface area (Å²) in [5.41, 5.74) is 1.49. The molecule has 0 spiro atoms. The molecule has 128 valence electrons. The van der Waals surface area contributed by atoms with Crippen LogP contribution in [0.15, 0.2) is 24.3 Å². The van der Waals surface area contributed by atoms with E-state index in [1.54, 1.807) is 0 Å². The minimum Gasteiger partial charge on any atom is -0.387 e. The highest BCUT2D eigenvalue weighted by atomic mass is 32.1. The molecule has 0 saturated carbocycles. The molecule has 6 heteroatoms. The van der Waals surface area contributed by atoms with Gasteiger partial charge in [0.15, 0.2) is 11.6 Å². The summed E-state index contributed by atoms with van der Waals surface area (Å²) >= 11 is 1.51. The van der Waals surface area contributed by atoms with Gasteiger partial charge in [0, 0.05) is 11.4 Å². The fourth-order valence-electron chi connectivity index (χ4n) is 2.89. The number of aliphatic hydroxyl groups excluding tert-OH is 1. The van der Waals surface area contributed by atoms with E-state index in [2.05, 4.69) is 5.32 Å². The molecular formula is C18H19F2NO2S. The largest absolute Gasteiger partial charge is 0.387 e. The Bertz CT molecular complexity index is 721. The Morgan fingerprint density at radius 2 is 1.96 bits per heavy atom. The maximum Gasteiger partial charge on any atom is 0.261 e. The second-order valence-corrected chi connectivity index (χ2v) is 7.16. The Labute approximate surface area is 143 Å². The summed E-state index contributed by atoms with van der Waals surface area (Å²) in [5.74, 6) is -2.22. The van der Waals surface area contributed by atoms with Gasteiger partial charge in [-0.2, -0.15) is 0 Å².